The van der Waals surface area contributed by atoms with Crippen molar-refractivity contribution < 1.29 is 5.11 Å². The molecule has 0 saturated heterocycles. The second kappa shape index (κ2) is 9.27. The van der Waals surface area contributed by atoms with Crippen LogP contribution in [0.1, 0.15) is 43.0 Å². The van der Waals surface area contributed by atoms with Gasteiger partial charge in [-0.05, 0) is 37.1 Å². The van der Waals surface area contributed by atoms with Gasteiger partial charge in [0, 0.05) is 12.8 Å². The fourth-order valence-corrected chi connectivity index (χ4v) is 2.42. The molecule has 0 radical (unpaired) electrons. The lowest BCUT2D eigenvalue weighted by molar-refractivity contribution is 0.282. The Labute approximate surface area is 127 Å². The van der Waals surface area contributed by atoms with E-state index in [-0.39, 0.29) is 6.04 Å². The molecule has 3 heteroatoms. The van der Waals surface area contributed by atoms with Gasteiger partial charge in [0.1, 0.15) is 0 Å². The van der Waals surface area contributed by atoms with E-state index < -0.39 is 0 Å². The van der Waals surface area contributed by atoms with Crippen molar-refractivity contribution in [2.75, 3.05) is 13.2 Å². The summed E-state index contributed by atoms with van der Waals surface area (Å²) >= 11 is 0. The van der Waals surface area contributed by atoms with E-state index in [9.17, 15) is 0 Å². The maximum atomic E-state index is 8.78. The summed E-state index contributed by atoms with van der Waals surface area (Å²) in [6.07, 6.45) is 6.11. The van der Waals surface area contributed by atoms with E-state index in [0.717, 1.165) is 37.9 Å². The average Bonchev–Trinajstić information content (AvgIpc) is 2.56. The van der Waals surface area contributed by atoms with Crippen molar-refractivity contribution in [1.82, 2.24) is 10.3 Å². The zero-order valence-electron chi connectivity index (χ0n) is 12.4. The van der Waals surface area contributed by atoms with Gasteiger partial charge in [0.25, 0.3) is 0 Å². The summed E-state index contributed by atoms with van der Waals surface area (Å²) in [7, 11) is 0. The topological polar surface area (TPSA) is 45.1 Å². The van der Waals surface area contributed by atoms with Gasteiger partial charge in [-0.3, -0.25) is 4.98 Å². The van der Waals surface area contributed by atoms with E-state index in [0.29, 0.717) is 6.61 Å². The summed E-state index contributed by atoms with van der Waals surface area (Å²) in [6, 6.07) is 16.6. The third kappa shape index (κ3) is 5.29. The number of nitrogens with one attached hydrogen (secondary N) is 1. The second-order valence-electron chi connectivity index (χ2n) is 5.19. The van der Waals surface area contributed by atoms with Gasteiger partial charge in [0.2, 0.25) is 0 Å². The van der Waals surface area contributed by atoms with Crippen molar-refractivity contribution in [3.63, 3.8) is 0 Å². The van der Waals surface area contributed by atoms with Crippen molar-refractivity contribution in [2.24, 2.45) is 0 Å². The predicted molar refractivity (Wildman–Crippen MR) is 86.1 cm³/mol. The quantitative estimate of drug-likeness (QED) is 0.694. The summed E-state index contributed by atoms with van der Waals surface area (Å²) in [5, 5.41) is 12.4. The van der Waals surface area contributed by atoms with Crippen molar-refractivity contribution in [1.29, 1.82) is 0 Å². The summed E-state index contributed by atoms with van der Waals surface area (Å²) < 4.78 is 0. The molecular weight excluding hydrogens is 260 g/mol. The first-order chi connectivity index (χ1) is 10.4. The summed E-state index contributed by atoms with van der Waals surface area (Å²) in [4.78, 5) is 4.49. The van der Waals surface area contributed by atoms with Crippen molar-refractivity contribution in [3.8, 4) is 0 Å². The van der Waals surface area contributed by atoms with Crippen LogP contribution in [0.3, 0.4) is 0 Å². The van der Waals surface area contributed by atoms with Gasteiger partial charge < -0.3 is 10.4 Å². The fourth-order valence-electron chi connectivity index (χ4n) is 2.42. The number of rotatable bonds is 9. The van der Waals surface area contributed by atoms with E-state index >= 15 is 0 Å². The molecule has 0 spiro atoms. The number of hydrogen-bond donors (Lipinski definition) is 2. The minimum atomic E-state index is 0.144. The summed E-state index contributed by atoms with van der Waals surface area (Å²) in [5.74, 6) is 0. The molecule has 0 bridgehead atoms. The molecule has 2 aromatic rings. The van der Waals surface area contributed by atoms with Crippen LogP contribution in [-0.2, 0) is 0 Å². The van der Waals surface area contributed by atoms with Crippen LogP contribution in [0.4, 0.5) is 0 Å². The smallest absolute Gasteiger partial charge is 0.0751 e. The average molecular weight is 284 g/mol. The molecule has 0 aliphatic rings. The molecule has 0 fully saturated rings. The van der Waals surface area contributed by atoms with Gasteiger partial charge in [-0.15, -0.1) is 0 Å². The highest BCUT2D eigenvalue weighted by Gasteiger charge is 2.13. The van der Waals surface area contributed by atoms with E-state index in [1.54, 1.807) is 0 Å². The zero-order valence-corrected chi connectivity index (χ0v) is 12.4. The predicted octanol–water partition coefficient (Wildman–Crippen LogP) is 3.31. The minimum Gasteiger partial charge on any atom is -0.396 e. The van der Waals surface area contributed by atoms with Crippen LogP contribution >= 0.6 is 0 Å². The number of hydrogen-bond acceptors (Lipinski definition) is 3. The number of unbranched alkanes of at least 4 members (excludes halogenated alkanes) is 3. The third-order valence-electron chi connectivity index (χ3n) is 3.55. The summed E-state index contributed by atoms with van der Waals surface area (Å²) in [6.45, 7) is 1.26. The maximum absolute atomic E-state index is 8.78. The SMILES string of the molecule is OCCCCCCNC(c1ccccc1)c1ccccn1. The molecule has 112 valence electrons. The number of nitrogens with zero attached hydrogens (tertiary/aromatic N) is 1. The second-order valence-corrected chi connectivity index (χ2v) is 5.19. The Hall–Kier alpha value is -1.71. The van der Waals surface area contributed by atoms with E-state index in [2.05, 4.69) is 40.6 Å². The standard InChI is InChI=1S/C18H24N2O/c21-15-9-2-1-7-14-20-18(16-10-4-3-5-11-16)17-12-6-8-13-19-17/h3-6,8,10-13,18,20-21H,1-2,7,9,14-15H2. The molecule has 1 atom stereocenters. The zero-order chi connectivity index (χ0) is 14.8. The Balaban J connectivity index is 1.94. The Kier molecular flexibility index (Phi) is 6.92. The molecule has 1 unspecified atom stereocenters. The van der Waals surface area contributed by atoms with Crippen LogP contribution in [0.5, 0.6) is 0 Å². The number of aliphatic hydroxyl groups excluding tert-OH is 1. The molecule has 2 rings (SSSR count). The number of benzene rings is 1. The lowest BCUT2D eigenvalue weighted by Gasteiger charge is -2.18. The van der Waals surface area contributed by atoms with Gasteiger partial charge in [0.15, 0.2) is 0 Å². The van der Waals surface area contributed by atoms with Crippen LogP contribution in [0.25, 0.3) is 0 Å². The first-order valence-corrected chi connectivity index (χ1v) is 7.72. The van der Waals surface area contributed by atoms with Crippen LogP contribution in [0, 0.1) is 0 Å². The fraction of sp³-hybridized carbons (Fsp3) is 0.389. The molecule has 3 nitrogen and oxygen atoms in total. The van der Waals surface area contributed by atoms with Gasteiger partial charge in [-0.25, -0.2) is 0 Å². The van der Waals surface area contributed by atoms with Gasteiger partial charge in [0.05, 0.1) is 11.7 Å². The highest BCUT2D eigenvalue weighted by atomic mass is 16.2. The van der Waals surface area contributed by atoms with Crippen LogP contribution in [0.15, 0.2) is 54.7 Å². The van der Waals surface area contributed by atoms with Gasteiger partial charge >= 0.3 is 0 Å². The number of aliphatic hydroxyl groups is 1. The Bertz CT molecular complexity index is 448. The largest absolute Gasteiger partial charge is 0.396 e. The Morgan fingerprint density at radius 3 is 2.38 bits per heavy atom. The first kappa shape index (κ1) is 15.7. The van der Waals surface area contributed by atoms with Crippen LogP contribution in [-0.4, -0.2) is 23.2 Å². The maximum Gasteiger partial charge on any atom is 0.0751 e. The molecule has 2 N–H and O–H groups in total. The molecule has 0 amide bonds. The number of pyridine rings is 1. The third-order valence-corrected chi connectivity index (χ3v) is 3.55. The lowest BCUT2D eigenvalue weighted by atomic mass is 10.0. The van der Waals surface area contributed by atoms with E-state index in [1.165, 1.54) is 5.56 Å². The van der Waals surface area contributed by atoms with Crippen molar-refractivity contribution in [3.05, 3.63) is 66.0 Å². The lowest BCUT2D eigenvalue weighted by Crippen LogP contribution is -2.24. The Morgan fingerprint density at radius 2 is 1.67 bits per heavy atom. The molecule has 21 heavy (non-hydrogen) atoms. The van der Waals surface area contributed by atoms with E-state index in [4.69, 9.17) is 5.11 Å². The molecule has 0 aliphatic carbocycles. The minimum absolute atomic E-state index is 0.144. The van der Waals surface area contributed by atoms with Crippen molar-refractivity contribution in [2.45, 2.75) is 31.7 Å². The van der Waals surface area contributed by atoms with E-state index in [1.807, 2.05) is 24.4 Å². The first-order valence-electron chi connectivity index (χ1n) is 7.72. The summed E-state index contributed by atoms with van der Waals surface area (Å²) in [5.41, 5.74) is 2.30. The normalized spacial score (nSPS) is 12.2. The molecule has 1 aromatic carbocycles. The van der Waals surface area contributed by atoms with Crippen molar-refractivity contribution >= 4 is 0 Å². The molecule has 1 aromatic heterocycles. The Morgan fingerprint density at radius 1 is 0.905 bits per heavy atom. The molecular formula is C18H24N2O. The molecule has 1 heterocycles. The van der Waals surface area contributed by atoms with Gasteiger partial charge in [-0.2, -0.15) is 0 Å². The highest BCUT2D eigenvalue weighted by Crippen LogP contribution is 2.19. The molecule has 0 saturated carbocycles. The number of aromatic nitrogens is 1. The molecule has 0 aliphatic heterocycles. The van der Waals surface area contributed by atoms with Gasteiger partial charge in [-0.1, -0.05) is 49.2 Å². The van der Waals surface area contributed by atoms with Crippen LogP contribution < -0.4 is 5.32 Å². The van der Waals surface area contributed by atoms with Crippen LogP contribution in [0.2, 0.25) is 0 Å². The highest BCUT2D eigenvalue weighted by molar-refractivity contribution is 5.27. The monoisotopic (exact) mass is 284 g/mol.